The van der Waals surface area contributed by atoms with E-state index < -0.39 is 0 Å². The molecule has 1 atom stereocenters. The Balaban J connectivity index is 2.14. The number of hydrogen-bond acceptors (Lipinski definition) is 3. The maximum atomic E-state index is 12.0. The smallest absolute Gasteiger partial charge is 0.293 e. The summed E-state index contributed by atoms with van der Waals surface area (Å²) in [7, 11) is 0. The minimum Gasteiger partial charge on any atom is -0.363 e. The van der Waals surface area contributed by atoms with Gasteiger partial charge in [-0.05, 0) is 26.2 Å². The first-order valence-electron chi connectivity index (χ1n) is 5.62. The fourth-order valence-corrected chi connectivity index (χ4v) is 1.96. The van der Waals surface area contributed by atoms with Gasteiger partial charge in [0.25, 0.3) is 5.56 Å². The van der Waals surface area contributed by atoms with Crippen LogP contribution in [-0.2, 0) is 0 Å². The van der Waals surface area contributed by atoms with Crippen molar-refractivity contribution in [3.8, 4) is 0 Å². The van der Waals surface area contributed by atoms with Crippen LogP contribution in [-0.4, -0.2) is 21.5 Å². The Hall–Kier alpha value is -1.03. The van der Waals surface area contributed by atoms with E-state index in [1.54, 1.807) is 17.0 Å². The molecule has 88 valence electrons. The molecule has 16 heavy (non-hydrogen) atoms. The highest BCUT2D eigenvalue weighted by molar-refractivity contribution is 6.17. The van der Waals surface area contributed by atoms with Gasteiger partial charge in [-0.15, -0.1) is 11.6 Å². The average Bonchev–Trinajstić information content (AvgIpc) is 3.05. The average molecular weight is 242 g/mol. The van der Waals surface area contributed by atoms with Crippen LogP contribution in [0.3, 0.4) is 0 Å². The molecule has 1 unspecified atom stereocenters. The van der Waals surface area contributed by atoms with Crippen LogP contribution >= 0.6 is 11.6 Å². The zero-order valence-electron chi connectivity index (χ0n) is 9.32. The van der Waals surface area contributed by atoms with Crippen LogP contribution in [0.2, 0.25) is 0 Å². The molecule has 0 bridgehead atoms. The summed E-state index contributed by atoms with van der Waals surface area (Å²) in [6.45, 7) is 2.00. The van der Waals surface area contributed by atoms with Crippen molar-refractivity contribution in [3.63, 3.8) is 0 Å². The highest BCUT2D eigenvalue weighted by Crippen LogP contribution is 2.33. The predicted molar refractivity (Wildman–Crippen MR) is 65.2 cm³/mol. The number of halogens is 1. The molecule has 0 aromatic carbocycles. The third-order valence-electron chi connectivity index (χ3n) is 2.73. The number of rotatable bonds is 5. The summed E-state index contributed by atoms with van der Waals surface area (Å²) in [6.07, 6.45) is 6.45. The number of aromatic nitrogens is 2. The van der Waals surface area contributed by atoms with Crippen molar-refractivity contribution in [1.29, 1.82) is 0 Å². The molecule has 0 radical (unpaired) electrons. The number of nitrogens with zero attached hydrogens (tertiary/aromatic N) is 2. The van der Waals surface area contributed by atoms with Gasteiger partial charge in [-0.1, -0.05) is 0 Å². The lowest BCUT2D eigenvalue weighted by Gasteiger charge is -2.13. The summed E-state index contributed by atoms with van der Waals surface area (Å²) in [5.41, 5.74) is -0.0218. The zero-order chi connectivity index (χ0) is 11.5. The summed E-state index contributed by atoms with van der Waals surface area (Å²) >= 11 is 5.65. The summed E-state index contributed by atoms with van der Waals surface area (Å²) in [6, 6.07) is 0.562. The first-order valence-corrected chi connectivity index (χ1v) is 6.15. The lowest BCUT2D eigenvalue weighted by Crippen LogP contribution is -2.27. The molecule has 1 saturated carbocycles. The molecule has 0 spiro atoms. The van der Waals surface area contributed by atoms with Gasteiger partial charge in [0, 0.05) is 30.4 Å². The van der Waals surface area contributed by atoms with Gasteiger partial charge in [-0.25, -0.2) is 4.98 Å². The van der Waals surface area contributed by atoms with E-state index in [1.807, 2.05) is 6.92 Å². The largest absolute Gasteiger partial charge is 0.363 e. The summed E-state index contributed by atoms with van der Waals surface area (Å²) in [5.74, 6) is 1.02. The van der Waals surface area contributed by atoms with E-state index in [-0.39, 0.29) is 11.6 Å². The van der Waals surface area contributed by atoms with E-state index in [4.69, 9.17) is 11.6 Å². The standard InChI is InChI=1S/C11H16ClN3O/c1-8(4-5-12)14-10-11(16)15(7-6-13-10)9-2-3-9/h6-9H,2-5H2,1H3,(H,13,14). The van der Waals surface area contributed by atoms with Gasteiger partial charge < -0.3 is 9.88 Å². The molecule has 1 aliphatic carbocycles. The number of anilines is 1. The quantitative estimate of drug-likeness (QED) is 0.803. The van der Waals surface area contributed by atoms with Gasteiger partial charge in [0.05, 0.1) is 0 Å². The lowest BCUT2D eigenvalue weighted by atomic mass is 10.2. The normalized spacial score (nSPS) is 17.1. The summed E-state index contributed by atoms with van der Waals surface area (Å²) in [5, 5.41) is 3.11. The molecule has 1 aromatic heterocycles. The molecule has 0 amide bonds. The number of hydrogen-bond donors (Lipinski definition) is 1. The minimum atomic E-state index is -0.0218. The second-order valence-corrected chi connectivity index (χ2v) is 4.62. The second kappa shape index (κ2) is 4.87. The summed E-state index contributed by atoms with van der Waals surface area (Å²) < 4.78 is 1.77. The van der Waals surface area contributed by atoms with Gasteiger partial charge in [0.1, 0.15) is 0 Å². The van der Waals surface area contributed by atoms with E-state index in [0.717, 1.165) is 19.3 Å². The van der Waals surface area contributed by atoms with Crippen molar-refractivity contribution in [3.05, 3.63) is 22.7 Å². The zero-order valence-corrected chi connectivity index (χ0v) is 10.1. The van der Waals surface area contributed by atoms with Crippen LogP contribution in [0.4, 0.5) is 5.82 Å². The third-order valence-corrected chi connectivity index (χ3v) is 2.95. The molecule has 1 heterocycles. The topological polar surface area (TPSA) is 46.9 Å². The number of nitrogens with one attached hydrogen (secondary N) is 1. The van der Waals surface area contributed by atoms with E-state index in [9.17, 15) is 4.79 Å². The highest BCUT2D eigenvalue weighted by Gasteiger charge is 2.25. The Labute approximate surface area is 99.6 Å². The van der Waals surface area contributed by atoms with Gasteiger partial charge in [-0.2, -0.15) is 0 Å². The first kappa shape index (κ1) is 11.5. The van der Waals surface area contributed by atoms with Crippen molar-refractivity contribution < 1.29 is 0 Å². The molecule has 1 aliphatic rings. The Kier molecular flexibility index (Phi) is 3.49. The molecular formula is C11H16ClN3O. The van der Waals surface area contributed by atoms with Crippen LogP contribution in [0.15, 0.2) is 17.2 Å². The third kappa shape index (κ3) is 2.55. The Bertz CT molecular complexity index is 414. The maximum Gasteiger partial charge on any atom is 0.293 e. The van der Waals surface area contributed by atoms with Crippen LogP contribution in [0.25, 0.3) is 0 Å². The molecule has 4 nitrogen and oxygen atoms in total. The van der Waals surface area contributed by atoms with E-state index >= 15 is 0 Å². The van der Waals surface area contributed by atoms with E-state index in [1.165, 1.54) is 0 Å². The SMILES string of the molecule is CC(CCCl)Nc1nccn(C2CC2)c1=O. The van der Waals surface area contributed by atoms with Gasteiger partial charge in [0.2, 0.25) is 0 Å². The van der Waals surface area contributed by atoms with Crippen LogP contribution in [0.5, 0.6) is 0 Å². The minimum absolute atomic E-state index is 0.0218. The van der Waals surface area contributed by atoms with Crippen LogP contribution in [0.1, 0.15) is 32.2 Å². The molecule has 1 aromatic rings. The van der Waals surface area contributed by atoms with Gasteiger partial charge >= 0.3 is 0 Å². The highest BCUT2D eigenvalue weighted by atomic mass is 35.5. The van der Waals surface area contributed by atoms with Crippen molar-refractivity contribution in [2.45, 2.75) is 38.3 Å². The molecular weight excluding hydrogens is 226 g/mol. The van der Waals surface area contributed by atoms with Crippen molar-refractivity contribution in [2.24, 2.45) is 0 Å². The number of alkyl halides is 1. The maximum absolute atomic E-state index is 12.0. The molecule has 2 rings (SSSR count). The van der Waals surface area contributed by atoms with Crippen molar-refractivity contribution in [1.82, 2.24) is 9.55 Å². The Morgan fingerprint density at radius 1 is 1.69 bits per heavy atom. The predicted octanol–water partition coefficient (Wildman–Crippen LogP) is 2.01. The lowest BCUT2D eigenvalue weighted by molar-refractivity contribution is 0.690. The Morgan fingerprint density at radius 2 is 2.44 bits per heavy atom. The summed E-state index contributed by atoms with van der Waals surface area (Å²) in [4.78, 5) is 16.1. The fraction of sp³-hybridized carbons (Fsp3) is 0.636. The molecule has 0 aliphatic heterocycles. The fourth-order valence-electron chi connectivity index (χ4n) is 1.63. The van der Waals surface area contributed by atoms with Crippen LogP contribution < -0.4 is 10.9 Å². The molecule has 1 fully saturated rings. The molecule has 0 saturated heterocycles. The van der Waals surface area contributed by atoms with E-state index in [2.05, 4.69) is 10.3 Å². The van der Waals surface area contributed by atoms with Crippen LogP contribution in [0, 0.1) is 0 Å². The van der Waals surface area contributed by atoms with Crippen molar-refractivity contribution in [2.75, 3.05) is 11.2 Å². The van der Waals surface area contributed by atoms with Crippen molar-refractivity contribution >= 4 is 17.4 Å². The monoisotopic (exact) mass is 241 g/mol. The molecule has 1 N–H and O–H groups in total. The second-order valence-electron chi connectivity index (χ2n) is 4.24. The first-order chi connectivity index (χ1) is 7.72. The Morgan fingerprint density at radius 3 is 3.06 bits per heavy atom. The van der Waals surface area contributed by atoms with E-state index in [0.29, 0.717) is 17.7 Å². The van der Waals surface area contributed by atoms with Gasteiger partial charge in [0.15, 0.2) is 5.82 Å². The van der Waals surface area contributed by atoms with Gasteiger partial charge in [-0.3, -0.25) is 4.79 Å². The molecule has 5 heteroatoms.